The van der Waals surface area contributed by atoms with E-state index in [1.165, 1.54) is 19.3 Å². The zero-order valence-electron chi connectivity index (χ0n) is 13.1. The molecule has 2 aromatic rings. The van der Waals surface area contributed by atoms with Crippen LogP contribution in [0.5, 0.6) is 0 Å². The van der Waals surface area contributed by atoms with Gasteiger partial charge in [-0.3, -0.25) is 4.90 Å². The topological polar surface area (TPSA) is 45.5 Å². The van der Waals surface area contributed by atoms with Crippen LogP contribution in [0.2, 0.25) is 0 Å². The Kier molecular flexibility index (Phi) is 5.14. The lowest BCUT2D eigenvalue weighted by molar-refractivity contribution is 0.0696. The highest BCUT2D eigenvalue weighted by atomic mass is 35.5. The lowest BCUT2D eigenvalue weighted by Gasteiger charge is -2.34. The van der Waals surface area contributed by atoms with Gasteiger partial charge in [0.2, 0.25) is 0 Å². The lowest BCUT2D eigenvalue weighted by Crippen LogP contribution is -2.35. The van der Waals surface area contributed by atoms with Crippen LogP contribution in [0.1, 0.15) is 48.4 Å². The summed E-state index contributed by atoms with van der Waals surface area (Å²) in [5, 5.41) is 10.4. The molecule has 4 nitrogen and oxygen atoms in total. The molecule has 1 aromatic heterocycles. The van der Waals surface area contributed by atoms with Crippen LogP contribution in [0.4, 0.5) is 0 Å². The van der Waals surface area contributed by atoms with Crippen molar-refractivity contribution in [1.82, 2.24) is 9.47 Å². The van der Waals surface area contributed by atoms with Crippen LogP contribution in [-0.4, -0.2) is 33.6 Å². The molecule has 1 saturated heterocycles. The van der Waals surface area contributed by atoms with Crippen molar-refractivity contribution >= 4 is 29.3 Å². The Balaban J connectivity index is 0.00000176. The van der Waals surface area contributed by atoms with Crippen molar-refractivity contribution < 1.29 is 9.90 Å². The van der Waals surface area contributed by atoms with Gasteiger partial charge in [-0.15, -0.1) is 12.4 Å². The number of piperidine rings is 1. The van der Waals surface area contributed by atoms with Crippen molar-refractivity contribution in [2.24, 2.45) is 0 Å². The second-order valence-electron chi connectivity index (χ2n) is 5.88. The molecule has 22 heavy (non-hydrogen) atoms. The summed E-state index contributed by atoms with van der Waals surface area (Å²) in [5.74, 6) is -0.840. The van der Waals surface area contributed by atoms with Crippen LogP contribution < -0.4 is 0 Å². The molecule has 2 heterocycles. The monoisotopic (exact) mass is 322 g/mol. The molecular weight excluding hydrogens is 300 g/mol. The van der Waals surface area contributed by atoms with Crippen molar-refractivity contribution in [3.63, 3.8) is 0 Å². The fourth-order valence-electron chi connectivity index (χ4n) is 3.60. The Morgan fingerprint density at radius 3 is 2.45 bits per heavy atom. The number of hydrogen-bond acceptors (Lipinski definition) is 2. The Morgan fingerprint density at radius 2 is 1.82 bits per heavy atom. The zero-order chi connectivity index (χ0) is 15.0. The van der Waals surface area contributed by atoms with E-state index in [2.05, 4.69) is 16.4 Å². The predicted octanol–water partition coefficient (Wildman–Crippen LogP) is 4.07. The van der Waals surface area contributed by atoms with Gasteiger partial charge in [0.05, 0.1) is 17.2 Å². The minimum absolute atomic E-state index is 0. The van der Waals surface area contributed by atoms with Crippen molar-refractivity contribution in [3.8, 4) is 0 Å². The molecular formula is C17H23ClN2O2. The van der Waals surface area contributed by atoms with Gasteiger partial charge in [0.1, 0.15) is 0 Å². The highest BCUT2D eigenvalue weighted by Gasteiger charge is 2.25. The summed E-state index contributed by atoms with van der Waals surface area (Å²) < 4.78 is 2.18. The molecule has 0 bridgehead atoms. The summed E-state index contributed by atoms with van der Waals surface area (Å²) in [7, 11) is 0. The largest absolute Gasteiger partial charge is 0.478 e. The summed E-state index contributed by atoms with van der Waals surface area (Å²) in [6, 6.07) is 7.82. The average molecular weight is 323 g/mol. The van der Waals surface area contributed by atoms with E-state index >= 15 is 0 Å². The molecule has 1 aromatic carbocycles. The molecule has 0 spiro atoms. The van der Waals surface area contributed by atoms with Gasteiger partial charge in [0.15, 0.2) is 0 Å². The van der Waals surface area contributed by atoms with Crippen LogP contribution in [0, 0.1) is 6.92 Å². The van der Waals surface area contributed by atoms with Crippen molar-refractivity contribution in [2.75, 3.05) is 13.1 Å². The number of nitrogens with zero attached hydrogens (tertiary/aromatic N) is 2. The third-order valence-electron chi connectivity index (χ3n) is 4.66. The van der Waals surface area contributed by atoms with Gasteiger partial charge < -0.3 is 9.67 Å². The van der Waals surface area contributed by atoms with Crippen molar-refractivity contribution in [3.05, 3.63) is 35.5 Å². The van der Waals surface area contributed by atoms with Crippen molar-refractivity contribution in [1.29, 1.82) is 0 Å². The third-order valence-corrected chi connectivity index (χ3v) is 4.66. The highest BCUT2D eigenvalue weighted by Crippen LogP contribution is 2.31. The lowest BCUT2D eigenvalue weighted by atomic mass is 10.1. The van der Waals surface area contributed by atoms with E-state index in [9.17, 15) is 9.90 Å². The molecule has 1 fully saturated rings. The van der Waals surface area contributed by atoms with E-state index in [0.717, 1.165) is 29.7 Å². The van der Waals surface area contributed by atoms with Crippen molar-refractivity contribution in [2.45, 2.75) is 39.3 Å². The number of benzene rings is 1. The number of carboxylic acids is 1. The second-order valence-corrected chi connectivity index (χ2v) is 5.88. The molecule has 1 atom stereocenters. The molecule has 1 N–H and O–H groups in total. The maximum atomic E-state index is 11.6. The number of halogens is 1. The minimum atomic E-state index is -0.840. The van der Waals surface area contributed by atoms with Crippen LogP contribution in [0.15, 0.2) is 24.3 Å². The molecule has 1 unspecified atom stereocenters. The number of para-hydroxylation sites is 1. The Morgan fingerprint density at radius 1 is 1.18 bits per heavy atom. The van der Waals surface area contributed by atoms with Crippen LogP contribution in [-0.2, 0) is 0 Å². The van der Waals surface area contributed by atoms with Gasteiger partial charge in [-0.05, 0) is 32.8 Å². The first-order valence-corrected chi connectivity index (χ1v) is 7.68. The minimum Gasteiger partial charge on any atom is -0.478 e. The summed E-state index contributed by atoms with van der Waals surface area (Å²) in [6.45, 7) is 6.28. The molecule has 0 radical (unpaired) electrons. The number of aromatic nitrogens is 1. The van der Waals surface area contributed by atoms with Gasteiger partial charge in [-0.2, -0.15) is 0 Å². The fourth-order valence-corrected chi connectivity index (χ4v) is 3.60. The molecule has 5 heteroatoms. The van der Waals surface area contributed by atoms with Crippen LogP contribution >= 0.6 is 12.4 Å². The number of hydrogen-bond donors (Lipinski definition) is 1. The molecule has 1 aliphatic rings. The SMILES string of the molecule is Cc1c(C(=O)O)c2ccccc2n1C(C)N1CCCCC1.Cl. The first-order valence-electron chi connectivity index (χ1n) is 7.68. The maximum absolute atomic E-state index is 11.6. The predicted molar refractivity (Wildman–Crippen MR) is 91.0 cm³/mol. The first kappa shape index (κ1) is 16.8. The number of fused-ring (bicyclic) bond motifs is 1. The second kappa shape index (κ2) is 6.71. The summed E-state index contributed by atoms with van der Waals surface area (Å²) in [5.41, 5.74) is 2.31. The fraction of sp³-hybridized carbons (Fsp3) is 0.471. The Labute approximate surface area is 137 Å². The van der Waals surface area contributed by atoms with E-state index in [1.54, 1.807) is 0 Å². The normalized spacial score (nSPS) is 17.2. The molecule has 0 saturated carbocycles. The molecule has 1 aliphatic heterocycles. The van der Waals surface area contributed by atoms with E-state index in [1.807, 2.05) is 31.2 Å². The van der Waals surface area contributed by atoms with Gasteiger partial charge in [-0.25, -0.2) is 4.79 Å². The molecule has 120 valence electrons. The van der Waals surface area contributed by atoms with E-state index in [-0.39, 0.29) is 18.6 Å². The van der Waals surface area contributed by atoms with Crippen LogP contribution in [0.25, 0.3) is 10.9 Å². The maximum Gasteiger partial charge on any atom is 0.338 e. The van der Waals surface area contributed by atoms with Crippen LogP contribution in [0.3, 0.4) is 0 Å². The van der Waals surface area contributed by atoms with Gasteiger partial charge >= 0.3 is 5.97 Å². The third kappa shape index (κ3) is 2.73. The number of carbonyl (C=O) groups is 1. The van der Waals surface area contributed by atoms with Gasteiger partial charge in [0.25, 0.3) is 0 Å². The van der Waals surface area contributed by atoms with Gasteiger partial charge in [-0.1, -0.05) is 24.6 Å². The zero-order valence-corrected chi connectivity index (χ0v) is 13.9. The standard InChI is InChI=1S/C17H22N2O2.ClH/c1-12-16(17(20)21)14-8-4-5-9-15(14)19(12)13(2)18-10-6-3-7-11-18;/h4-5,8-9,13H,3,6-7,10-11H2,1-2H3,(H,20,21);1H. The highest BCUT2D eigenvalue weighted by molar-refractivity contribution is 6.05. The Hall–Kier alpha value is -1.52. The number of carboxylic acid groups (broad SMARTS) is 1. The smallest absolute Gasteiger partial charge is 0.338 e. The Bertz CT molecular complexity index is 675. The van der Waals surface area contributed by atoms with E-state index < -0.39 is 5.97 Å². The molecule has 0 aliphatic carbocycles. The van der Waals surface area contributed by atoms with E-state index in [0.29, 0.717) is 5.56 Å². The number of likely N-dealkylation sites (tertiary alicyclic amines) is 1. The summed E-state index contributed by atoms with van der Waals surface area (Å²) in [4.78, 5) is 14.1. The number of rotatable bonds is 3. The summed E-state index contributed by atoms with van der Waals surface area (Å²) in [6.07, 6.45) is 3.96. The first-order chi connectivity index (χ1) is 10.1. The number of aromatic carboxylic acids is 1. The quantitative estimate of drug-likeness (QED) is 0.926. The van der Waals surface area contributed by atoms with E-state index in [4.69, 9.17) is 0 Å². The average Bonchev–Trinajstić information content (AvgIpc) is 2.79. The molecule has 0 amide bonds. The molecule has 3 rings (SSSR count). The van der Waals surface area contributed by atoms with Gasteiger partial charge in [0, 0.05) is 24.2 Å². The summed E-state index contributed by atoms with van der Waals surface area (Å²) >= 11 is 0.